The van der Waals surface area contributed by atoms with Crippen LogP contribution in [0.15, 0.2) is 12.1 Å². The average molecular weight is 353 g/mol. The standard InChI is InChI=1S/C12H14Cl2N2O2S2/c1-12(2,20(3,17)18)6-16-10-5-8(14)7(13)4-9(10)15-11(16)19/h4-5H,6H2,1-3H3,(H,15,19). The molecule has 0 unspecified atom stereocenters. The van der Waals surface area contributed by atoms with Crippen molar-refractivity contribution in [1.82, 2.24) is 9.55 Å². The Balaban J connectivity index is 2.64. The van der Waals surface area contributed by atoms with Crippen LogP contribution in [0.5, 0.6) is 0 Å². The summed E-state index contributed by atoms with van der Waals surface area (Å²) in [6, 6.07) is 3.36. The van der Waals surface area contributed by atoms with Gasteiger partial charge in [-0.1, -0.05) is 23.2 Å². The van der Waals surface area contributed by atoms with Crippen LogP contribution < -0.4 is 0 Å². The van der Waals surface area contributed by atoms with Gasteiger partial charge in [-0.15, -0.1) is 0 Å². The topological polar surface area (TPSA) is 54.9 Å². The largest absolute Gasteiger partial charge is 0.331 e. The maximum absolute atomic E-state index is 11.8. The summed E-state index contributed by atoms with van der Waals surface area (Å²) in [7, 11) is -3.22. The number of H-pyrrole nitrogens is 1. The molecule has 2 rings (SSSR count). The van der Waals surface area contributed by atoms with E-state index in [9.17, 15) is 8.42 Å². The summed E-state index contributed by atoms with van der Waals surface area (Å²) in [5, 5.41) is 0.823. The van der Waals surface area contributed by atoms with Gasteiger partial charge in [-0.05, 0) is 38.2 Å². The van der Waals surface area contributed by atoms with Crippen molar-refractivity contribution in [1.29, 1.82) is 0 Å². The lowest BCUT2D eigenvalue weighted by molar-refractivity contribution is 0.506. The second-order valence-electron chi connectivity index (χ2n) is 5.33. The van der Waals surface area contributed by atoms with Crippen LogP contribution in [0.1, 0.15) is 13.8 Å². The van der Waals surface area contributed by atoms with Crippen LogP contribution in [0.2, 0.25) is 10.0 Å². The molecule has 4 nitrogen and oxygen atoms in total. The van der Waals surface area contributed by atoms with Crippen LogP contribution in [0, 0.1) is 4.77 Å². The number of hydrogen-bond acceptors (Lipinski definition) is 3. The third-order valence-corrected chi connectivity index (χ3v) is 6.54. The van der Waals surface area contributed by atoms with Gasteiger partial charge in [0.05, 0.1) is 25.8 Å². The van der Waals surface area contributed by atoms with Gasteiger partial charge < -0.3 is 9.55 Å². The monoisotopic (exact) mass is 352 g/mol. The molecule has 0 saturated heterocycles. The number of benzene rings is 1. The van der Waals surface area contributed by atoms with E-state index < -0.39 is 14.6 Å². The summed E-state index contributed by atoms with van der Waals surface area (Å²) in [4.78, 5) is 3.01. The molecule has 110 valence electrons. The van der Waals surface area contributed by atoms with Crippen molar-refractivity contribution in [2.45, 2.75) is 25.1 Å². The van der Waals surface area contributed by atoms with Gasteiger partial charge in [0, 0.05) is 12.8 Å². The fourth-order valence-corrected chi connectivity index (χ4v) is 2.76. The zero-order chi connectivity index (χ0) is 15.3. The highest BCUT2D eigenvalue weighted by molar-refractivity contribution is 7.92. The normalized spacial score (nSPS) is 13.1. The number of sulfone groups is 1. The van der Waals surface area contributed by atoms with Crippen molar-refractivity contribution >= 4 is 56.3 Å². The van der Waals surface area contributed by atoms with E-state index in [2.05, 4.69) is 4.98 Å². The highest BCUT2D eigenvalue weighted by Gasteiger charge is 2.31. The van der Waals surface area contributed by atoms with Crippen LogP contribution in [0.4, 0.5) is 0 Å². The van der Waals surface area contributed by atoms with E-state index in [1.54, 1.807) is 30.5 Å². The molecule has 1 heterocycles. The number of hydrogen-bond donors (Lipinski definition) is 1. The van der Waals surface area contributed by atoms with Crippen LogP contribution in [0.25, 0.3) is 11.0 Å². The minimum Gasteiger partial charge on any atom is -0.331 e. The molecule has 2 aromatic rings. The number of fused-ring (bicyclic) bond motifs is 1. The van der Waals surface area contributed by atoms with E-state index in [0.29, 0.717) is 14.8 Å². The van der Waals surface area contributed by atoms with Crippen LogP contribution in [0.3, 0.4) is 0 Å². The van der Waals surface area contributed by atoms with Crippen molar-refractivity contribution in [3.63, 3.8) is 0 Å². The van der Waals surface area contributed by atoms with Crippen molar-refractivity contribution in [3.8, 4) is 0 Å². The molecule has 0 spiro atoms. The molecule has 0 aliphatic heterocycles. The Morgan fingerprint density at radius 1 is 1.30 bits per heavy atom. The number of aromatic nitrogens is 2. The zero-order valence-corrected chi connectivity index (χ0v) is 14.3. The number of nitrogens with one attached hydrogen (secondary N) is 1. The lowest BCUT2D eigenvalue weighted by Gasteiger charge is -2.23. The van der Waals surface area contributed by atoms with Gasteiger partial charge >= 0.3 is 0 Å². The summed E-state index contributed by atoms with van der Waals surface area (Å²) >= 11 is 17.2. The minimum atomic E-state index is -3.22. The van der Waals surface area contributed by atoms with Crippen molar-refractivity contribution in [2.75, 3.05) is 6.26 Å². The van der Waals surface area contributed by atoms with Gasteiger partial charge in [0.1, 0.15) is 0 Å². The Labute approximate surface area is 132 Å². The van der Waals surface area contributed by atoms with Gasteiger partial charge in [-0.3, -0.25) is 0 Å². The fourth-order valence-electron chi connectivity index (χ4n) is 1.81. The number of imidazole rings is 1. The van der Waals surface area contributed by atoms with E-state index in [4.69, 9.17) is 35.4 Å². The molecular weight excluding hydrogens is 339 g/mol. The molecule has 0 amide bonds. The second kappa shape index (κ2) is 5.02. The first-order chi connectivity index (χ1) is 9.03. The van der Waals surface area contributed by atoms with Crippen molar-refractivity contribution in [3.05, 3.63) is 26.9 Å². The molecule has 20 heavy (non-hydrogen) atoms. The van der Waals surface area contributed by atoms with Crippen LogP contribution in [-0.4, -0.2) is 29.0 Å². The maximum atomic E-state index is 11.8. The predicted molar refractivity (Wildman–Crippen MR) is 86.1 cm³/mol. The molecule has 0 radical (unpaired) electrons. The zero-order valence-electron chi connectivity index (χ0n) is 11.2. The minimum absolute atomic E-state index is 0.239. The Kier molecular flexibility index (Phi) is 3.97. The number of rotatable bonds is 3. The molecule has 0 aliphatic carbocycles. The molecule has 1 aromatic carbocycles. The second-order valence-corrected chi connectivity index (χ2v) is 9.18. The molecular formula is C12H14Cl2N2O2S2. The van der Waals surface area contributed by atoms with Gasteiger partial charge in [0.2, 0.25) is 0 Å². The van der Waals surface area contributed by atoms with E-state index in [1.165, 1.54) is 6.26 Å². The van der Waals surface area contributed by atoms with Gasteiger partial charge in [-0.2, -0.15) is 0 Å². The highest BCUT2D eigenvalue weighted by atomic mass is 35.5. The predicted octanol–water partition coefficient (Wildman–Crippen LogP) is 3.83. The number of halogens is 2. The number of nitrogens with zero attached hydrogens (tertiary/aromatic N) is 1. The fraction of sp³-hybridized carbons (Fsp3) is 0.417. The van der Waals surface area contributed by atoms with Crippen molar-refractivity contribution in [2.24, 2.45) is 0 Å². The highest BCUT2D eigenvalue weighted by Crippen LogP contribution is 2.29. The van der Waals surface area contributed by atoms with E-state index in [1.807, 2.05) is 0 Å². The Bertz CT molecular complexity index is 835. The Hall–Kier alpha value is -0.560. The quantitative estimate of drug-likeness (QED) is 0.854. The summed E-state index contributed by atoms with van der Waals surface area (Å²) in [6.07, 6.45) is 1.22. The molecule has 0 fully saturated rings. The summed E-state index contributed by atoms with van der Waals surface area (Å²) in [5.41, 5.74) is 1.47. The maximum Gasteiger partial charge on any atom is 0.178 e. The molecule has 8 heteroatoms. The summed E-state index contributed by atoms with van der Waals surface area (Å²) in [5.74, 6) is 0. The third-order valence-electron chi connectivity index (χ3n) is 3.36. The van der Waals surface area contributed by atoms with E-state index in [0.717, 1.165) is 11.0 Å². The third kappa shape index (κ3) is 2.74. The van der Waals surface area contributed by atoms with Gasteiger partial charge in [0.15, 0.2) is 14.6 Å². The van der Waals surface area contributed by atoms with Gasteiger partial charge in [0.25, 0.3) is 0 Å². The van der Waals surface area contributed by atoms with Gasteiger partial charge in [-0.25, -0.2) is 8.42 Å². The Morgan fingerprint density at radius 2 is 1.85 bits per heavy atom. The average Bonchev–Trinajstić information content (AvgIpc) is 2.55. The Morgan fingerprint density at radius 3 is 2.40 bits per heavy atom. The number of aromatic amines is 1. The molecule has 0 saturated carbocycles. The van der Waals surface area contributed by atoms with Crippen molar-refractivity contribution < 1.29 is 8.42 Å². The first kappa shape index (κ1) is 15.8. The summed E-state index contributed by atoms with van der Waals surface area (Å²) in [6.45, 7) is 3.57. The first-order valence-electron chi connectivity index (χ1n) is 5.80. The van der Waals surface area contributed by atoms with Crippen LogP contribution in [-0.2, 0) is 16.4 Å². The lowest BCUT2D eigenvalue weighted by Crippen LogP contribution is -2.35. The van der Waals surface area contributed by atoms with Crippen LogP contribution >= 0.6 is 35.4 Å². The molecule has 1 N–H and O–H groups in total. The molecule has 1 aromatic heterocycles. The molecule has 0 bridgehead atoms. The SMILES string of the molecule is CC(C)(Cn1c(=S)[nH]c2cc(Cl)c(Cl)cc21)S(C)(=O)=O. The smallest absolute Gasteiger partial charge is 0.178 e. The first-order valence-corrected chi connectivity index (χ1v) is 8.86. The lowest BCUT2D eigenvalue weighted by atomic mass is 10.2. The summed E-state index contributed by atoms with van der Waals surface area (Å²) < 4.78 is 24.9. The molecule has 0 aliphatic rings. The molecule has 0 atom stereocenters. The van der Waals surface area contributed by atoms with E-state index >= 15 is 0 Å². The van der Waals surface area contributed by atoms with E-state index in [-0.39, 0.29) is 6.54 Å².